The predicted octanol–water partition coefficient (Wildman–Crippen LogP) is 4.02. The number of thioether (sulfide) groups is 1. The second kappa shape index (κ2) is 9.11. The van der Waals surface area contributed by atoms with Crippen LogP contribution in [0.5, 0.6) is 5.75 Å². The van der Waals surface area contributed by atoms with Crippen molar-refractivity contribution in [2.45, 2.75) is 5.16 Å². The molecule has 2 amide bonds. The zero-order chi connectivity index (χ0) is 24.5. The van der Waals surface area contributed by atoms with Crippen LogP contribution in [-0.2, 0) is 9.59 Å². The highest BCUT2D eigenvalue weighted by molar-refractivity contribution is 7.99. The molecule has 0 radical (unpaired) electrons. The average molecular weight is 490 g/mol. The number of hydrogen-bond acceptors (Lipinski definition) is 7. The highest BCUT2D eigenvalue weighted by Gasteiger charge is 2.27. The lowest BCUT2D eigenvalue weighted by atomic mass is 10.2. The Morgan fingerprint density at radius 3 is 2.66 bits per heavy atom. The van der Waals surface area contributed by atoms with Crippen LogP contribution in [0.2, 0.25) is 0 Å². The van der Waals surface area contributed by atoms with Gasteiger partial charge in [-0.3, -0.25) is 24.3 Å². The smallest absolute Gasteiger partial charge is 0.271 e. The van der Waals surface area contributed by atoms with Crippen LogP contribution in [0.1, 0.15) is 0 Å². The summed E-state index contributed by atoms with van der Waals surface area (Å²) in [6.07, 6.45) is 0. The largest absolute Gasteiger partial charge is 0.495 e. The van der Waals surface area contributed by atoms with Crippen molar-refractivity contribution in [2.75, 3.05) is 29.6 Å². The van der Waals surface area contributed by atoms with Gasteiger partial charge in [0.15, 0.2) is 5.16 Å². The van der Waals surface area contributed by atoms with Gasteiger partial charge >= 0.3 is 0 Å². The molecule has 5 rings (SSSR count). The monoisotopic (exact) mass is 489 g/mol. The van der Waals surface area contributed by atoms with E-state index in [0.29, 0.717) is 39.0 Å². The third-order valence-corrected chi connectivity index (χ3v) is 6.46. The van der Waals surface area contributed by atoms with Crippen LogP contribution in [0.4, 0.5) is 17.1 Å². The van der Waals surface area contributed by atoms with E-state index in [9.17, 15) is 19.7 Å². The Bertz CT molecular complexity index is 1480. The number of nitro benzene ring substituents is 1. The number of ether oxygens (including phenoxy) is 1. The van der Waals surface area contributed by atoms with Crippen LogP contribution in [0.3, 0.4) is 0 Å². The maximum atomic E-state index is 13.2. The predicted molar refractivity (Wildman–Crippen MR) is 132 cm³/mol. The lowest BCUT2D eigenvalue weighted by molar-refractivity contribution is -0.384. The number of non-ortho nitro benzene ring substituents is 1. The van der Waals surface area contributed by atoms with Gasteiger partial charge in [0, 0.05) is 12.1 Å². The van der Waals surface area contributed by atoms with E-state index < -0.39 is 4.92 Å². The van der Waals surface area contributed by atoms with Crippen molar-refractivity contribution in [1.29, 1.82) is 0 Å². The molecule has 1 N–H and O–H groups in total. The Morgan fingerprint density at radius 1 is 1.14 bits per heavy atom. The Balaban J connectivity index is 1.52. The Hall–Kier alpha value is -4.38. The Kier molecular flexibility index (Phi) is 5.83. The van der Waals surface area contributed by atoms with E-state index in [1.165, 1.54) is 28.8 Å². The number of imidazole rings is 1. The molecular formula is C24H19N5O5S. The highest BCUT2D eigenvalue weighted by atomic mass is 32.2. The number of aromatic nitrogens is 2. The van der Waals surface area contributed by atoms with Crippen LogP contribution < -0.4 is 15.0 Å². The van der Waals surface area contributed by atoms with E-state index in [2.05, 4.69) is 10.3 Å². The fourth-order valence-corrected chi connectivity index (χ4v) is 4.86. The lowest BCUT2D eigenvalue weighted by Crippen LogP contribution is -2.43. The Labute approximate surface area is 203 Å². The number of carbonyl (C=O) groups is 2. The van der Waals surface area contributed by atoms with Crippen LogP contribution in [0, 0.1) is 10.1 Å². The van der Waals surface area contributed by atoms with Gasteiger partial charge in [0.1, 0.15) is 12.3 Å². The topological polar surface area (TPSA) is 120 Å². The second-order valence-corrected chi connectivity index (χ2v) is 8.61. The Morgan fingerprint density at radius 2 is 1.89 bits per heavy atom. The number of para-hydroxylation sites is 4. The molecule has 1 aliphatic rings. The molecule has 3 aromatic carbocycles. The quantitative estimate of drug-likeness (QED) is 0.247. The summed E-state index contributed by atoms with van der Waals surface area (Å²) in [6, 6.07) is 18.9. The fourth-order valence-electron chi connectivity index (χ4n) is 3.96. The van der Waals surface area contributed by atoms with Crippen molar-refractivity contribution >= 4 is 51.7 Å². The van der Waals surface area contributed by atoms with Gasteiger partial charge in [0.2, 0.25) is 11.8 Å². The van der Waals surface area contributed by atoms with Crippen LogP contribution in [0.25, 0.3) is 16.7 Å². The standard InChI is InChI=1S/C24H19N5O5S/c1-34-21-9-5-4-8-20(21)28-19-11-10-15(29(32)33)12-17(19)26-24(28)35-14-23(31)27-13-22(30)25-16-6-2-3-7-18(16)27/h2-12H,13-14H2,1H3,(H,25,30). The molecule has 35 heavy (non-hydrogen) atoms. The first kappa shape index (κ1) is 22.4. The van der Waals surface area contributed by atoms with Gasteiger partial charge in [-0.2, -0.15) is 0 Å². The van der Waals surface area contributed by atoms with Gasteiger partial charge < -0.3 is 15.0 Å². The van der Waals surface area contributed by atoms with Crippen molar-refractivity contribution in [1.82, 2.24) is 9.55 Å². The molecule has 10 nitrogen and oxygen atoms in total. The molecule has 0 atom stereocenters. The summed E-state index contributed by atoms with van der Waals surface area (Å²) in [5.41, 5.74) is 2.87. The summed E-state index contributed by atoms with van der Waals surface area (Å²) in [5, 5.41) is 14.5. The van der Waals surface area contributed by atoms with Crippen molar-refractivity contribution in [3.05, 3.63) is 76.8 Å². The first-order valence-corrected chi connectivity index (χ1v) is 11.6. The molecule has 11 heteroatoms. The fraction of sp³-hybridized carbons (Fsp3) is 0.125. The molecule has 0 fully saturated rings. The van der Waals surface area contributed by atoms with Crippen molar-refractivity contribution in [2.24, 2.45) is 0 Å². The number of anilines is 2. The second-order valence-electron chi connectivity index (χ2n) is 7.67. The van der Waals surface area contributed by atoms with Crippen molar-refractivity contribution < 1.29 is 19.2 Å². The van der Waals surface area contributed by atoms with Crippen LogP contribution >= 0.6 is 11.8 Å². The van der Waals surface area contributed by atoms with Crippen LogP contribution in [-0.4, -0.2) is 45.7 Å². The minimum Gasteiger partial charge on any atom is -0.495 e. The average Bonchev–Trinajstić information content (AvgIpc) is 3.24. The number of nitrogens with one attached hydrogen (secondary N) is 1. The highest BCUT2D eigenvalue weighted by Crippen LogP contribution is 2.35. The normalized spacial score (nSPS) is 12.8. The summed E-state index contributed by atoms with van der Waals surface area (Å²) in [5.74, 6) is 0.0554. The molecule has 1 aromatic heterocycles. The summed E-state index contributed by atoms with van der Waals surface area (Å²) < 4.78 is 7.33. The van der Waals surface area contributed by atoms with Crippen LogP contribution in [0.15, 0.2) is 71.9 Å². The first-order valence-electron chi connectivity index (χ1n) is 10.6. The maximum Gasteiger partial charge on any atom is 0.271 e. The summed E-state index contributed by atoms with van der Waals surface area (Å²) in [6.45, 7) is -0.0779. The number of nitrogens with zero attached hydrogens (tertiary/aromatic N) is 4. The van der Waals surface area contributed by atoms with Gasteiger partial charge in [-0.1, -0.05) is 36.0 Å². The molecule has 0 saturated heterocycles. The van der Waals surface area contributed by atoms with E-state index in [-0.39, 0.29) is 29.8 Å². The number of methoxy groups -OCH3 is 1. The molecule has 0 saturated carbocycles. The zero-order valence-electron chi connectivity index (χ0n) is 18.5. The van der Waals surface area contributed by atoms with E-state index in [4.69, 9.17) is 4.74 Å². The number of carbonyl (C=O) groups excluding carboxylic acids is 2. The molecule has 4 aromatic rings. The van der Waals surface area contributed by atoms with E-state index in [1.54, 1.807) is 43.5 Å². The number of rotatable bonds is 6. The van der Waals surface area contributed by atoms with Crippen molar-refractivity contribution in [3.63, 3.8) is 0 Å². The molecule has 0 unspecified atom stereocenters. The van der Waals surface area contributed by atoms with Gasteiger partial charge in [0.05, 0.1) is 45.9 Å². The zero-order valence-corrected chi connectivity index (χ0v) is 19.3. The summed E-state index contributed by atoms with van der Waals surface area (Å²) >= 11 is 1.18. The van der Waals surface area contributed by atoms with Gasteiger partial charge in [-0.25, -0.2) is 4.98 Å². The third-order valence-electron chi connectivity index (χ3n) is 5.54. The molecule has 176 valence electrons. The minimum atomic E-state index is -0.475. The molecule has 0 aliphatic carbocycles. The molecule has 0 spiro atoms. The molecule has 1 aliphatic heterocycles. The lowest BCUT2D eigenvalue weighted by Gasteiger charge is -2.29. The molecule has 0 bridgehead atoms. The van der Waals surface area contributed by atoms with Crippen molar-refractivity contribution in [3.8, 4) is 11.4 Å². The minimum absolute atomic E-state index is 0.00216. The van der Waals surface area contributed by atoms with E-state index in [1.807, 2.05) is 22.8 Å². The van der Waals surface area contributed by atoms with Gasteiger partial charge in [0.25, 0.3) is 5.69 Å². The van der Waals surface area contributed by atoms with Gasteiger partial charge in [-0.05, 0) is 30.3 Å². The molecule has 2 heterocycles. The number of fused-ring (bicyclic) bond motifs is 2. The summed E-state index contributed by atoms with van der Waals surface area (Å²) in [4.78, 5) is 42.2. The maximum absolute atomic E-state index is 13.2. The number of nitro groups is 1. The van der Waals surface area contributed by atoms with Gasteiger partial charge in [-0.15, -0.1) is 0 Å². The molecular weight excluding hydrogens is 470 g/mol. The number of hydrogen-bond donors (Lipinski definition) is 1. The SMILES string of the molecule is COc1ccccc1-n1c(SCC(=O)N2CC(=O)Nc3ccccc32)nc2cc([N+](=O)[O-])ccc21. The summed E-state index contributed by atoms with van der Waals surface area (Å²) in [7, 11) is 1.55. The number of benzene rings is 3. The van der Waals surface area contributed by atoms with E-state index >= 15 is 0 Å². The first-order chi connectivity index (χ1) is 17.0. The third kappa shape index (κ3) is 4.17. The number of amides is 2. The van der Waals surface area contributed by atoms with E-state index in [0.717, 1.165) is 0 Å².